The number of thiophene rings is 1. The first-order valence-corrected chi connectivity index (χ1v) is 23.9. The second-order valence-electron chi connectivity index (χ2n) is 17.6. The van der Waals surface area contributed by atoms with Crippen molar-refractivity contribution in [2.75, 3.05) is 0 Å². The molecule has 67 heavy (non-hydrogen) atoms. The molecular formula is C66H42S. The van der Waals surface area contributed by atoms with E-state index in [1.165, 1.54) is 130 Å². The first kappa shape index (κ1) is 39.0. The summed E-state index contributed by atoms with van der Waals surface area (Å²) < 4.78 is 2.64. The summed E-state index contributed by atoms with van der Waals surface area (Å²) in [5.41, 5.74) is 16.8. The first-order chi connectivity index (χ1) is 33.2. The molecule has 0 amide bonds. The summed E-state index contributed by atoms with van der Waals surface area (Å²) in [7, 11) is 0. The molecule has 0 aliphatic heterocycles. The summed E-state index contributed by atoms with van der Waals surface area (Å²) in [4.78, 5) is 0. The predicted octanol–water partition coefficient (Wildman–Crippen LogP) is 19.2. The molecule has 0 spiro atoms. The average Bonchev–Trinajstić information content (AvgIpc) is 3.80. The van der Waals surface area contributed by atoms with Gasteiger partial charge in [-0.2, -0.15) is 0 Å². The second kappa shape index (κ2) is 16.3. The van der Waals surface area contributed by atoms with Gasteiger partial charge < -0.3 is 0 Å². The van der Waals surface area contributed by atoms with E-state index in [0.717, 1.165) is 0 Å². The van der Waals surface area contributed by atoms with Crippen molar-refractivity contribution >= 4 is 63.8 Å². The van der Waals surface area contributed by atoms with E-state index < -0.39 is 0 Å². The molecule has 0 aliphatic carbocycles. The molecule has 0 nitrogen and oxygen atoms in total. The Morgan fingerprint density at radius 1 is 0.179 bits per heavy atom. The van der Waals surface area contributed by atoms with Gasteiger partial charge in [0.25, 0.3) is 0 Å². The van der Waals surface area contributed by atoms with E-state index in [4.69, 9.17) is 0 Å². The molecule has 0 N–H and O–H groups in total. The van der Waals surface area contributed by atoms with Crippen LogP contribution in [0.3, 0.4) is 0 Å². The lowest BCUT2D eigenvalue weighted by atomic mass is 9.89. The number of fused-ring (bicyclic) bond motifs is 9. The van der Waals surface area contributed by atoms with Crippen molar-refractivity contribution in [3.63, 3.8) is 0 Å². The van der Waals surface area contributed by atoms with Gasteiger partial charge in [0.15, 0.2) is 0 Å². The summed E-state index contributed by atoms with van der Waals surface area (Å²) in [5, 5.41) is 10.3. The standard InChI is InChI=1S/C66H42S/c1-3-16-43(17-4-1)50-36-52(39-53(37-50)49-32-33-61-59-26-8-7-24-57(59)58-25-9-10-27-60(58)64(61)42-49)47-22-13-20-45(34-47)46-21-14-23-48(35-46)54-38-51(44-18-5-2-6-19-44)40-55(41-54)56-29-15-30-63-62-28-11-12-31-65(62)67-66(56)63/h1-42H. The zero-order chi connectivity index (χ0) is 44.3. The summed E-state index contributed by atoms with van der Waals surface area (Å²) >= 11 is 1.89. The fraction of sp³-hybridized carbons (Fsp3) is 0. The van der Waals surface area contributed by atoms with Crippen LogP contribution in [0, 0.1) is 0 Å². The number of benzene rings is 12. The molecule has 0 bridgehead atoms. The Balaban J connectivity index is 0.924. The molecule has 13 aromatic rings. The van der Waals surface area contributed by atoms with Gasteiger partial charge in [0, 0.05) is 20.2 Å². The molecule has 0 saturated heterocycles. The summed E-state index contributed by atoms with van der Waals surface area (Å²) in [6, 6.07) is 94.1. The summed E-state index contributed by atoms with van der Waals surface area (Å²) in [6.07, 6.45) is 0. The zero-order valence-electron chi connectivity index (χ0n) is 36.7. The zero-order valence-corrected chi connectivity index (χ0v) is 37.5. The van der Waals surface area contributed by atoms with Crippen LogP contribution in [0.1, 0.15) is 0 Å². The Morgan fingerprint density at radius 2 is 0.522 bits per heavy atom. The van der Waals surface area contributed by atoms with Gasteiger partial charge in [-0.3, -0.25) is 0 Å². The lowest BCUT2D eigenvalue weighted by Crippen LogP contribution is -1.89. The van der Waals surface area contributed by atoms with Crippen molar-refractivity contribution in [1.82, 2.24) is 0 Å². The molecule has 0 fully saturated rings. The minimum Gasteiger partial charge on any atom is -0.135 e. The van der Waals surface area contributed by atoms with Gasteiger partial charge in [-0.25, -0.2) is 0 Å². The SMILES string of the molecule is c1ccc(-c2cc(-c3cccc(-c4cccc(-c5cc(-c6ccccc6)cc(-c6cccc7c6sc6ccccc67)c5)c4)c3)cc(-c3ccc4c5ccccc5c5ccccc5c4c3)c2)cc1. The average molecular weight is 867 g/mol. The first-order valence-electron chi connectivity index (χ1n) is 23.1. The molecule has 12 aromatic carbocycles. The molecule has 0 saturated carbocycles. The monoisotopic (exact) mass is 866 g/mol. The maximum atomic E-state index is 2.40. The number of rotatable bonds is 7. The highest BCUT2D eigenvalue weighted by Gasteiger charge is 2.16. The molecule has 0 unspecified atom stereocenters. The minimum absolute atomic E-state index is 1.18. The minimum atomic E-state index is 1.18. The number of hydrogen-bond acceptors (Lipinski definition) is 1. The van der Waals surface area contributed by atoms with Crippen molar-refractivity contribution in [2.45, 2.75) is 0 Å². The number of hydrogen-bond donors (Lipinski definition) is 0. The van der Waals surface area contributed by atoms with Gasteiger partial charge in [-0.1, -0.05) is 194 Å². The Bertz CT molecular complexity index is 3990. The highest BCUT2D eigenvalue weighted by Crippen LogP contribution is 2.43. The maximum absolute atomic E-state index is 2.40. The van der Waals surface area contributed by atoms with Crippen LogP contribution in [0.5, 0.6) is 0 Å². The van der Waals surface area contributed by atoms with Crippen LogP contribution in [-0.4, -0.2) is 0 Å². The fourth-order valence-corrected chi connectivity index (χ4v) is 11.6. The third-order valence-electron chi connectivity index (χ3n) is 13.6. The van der Waals surface area contributed by atoms with Gasteiger partial charge in [-0.05, 0) is 171 Å². The summed E-state index contributed by atoms with van der Waals surface area (Å²) in [5.74, 6) is 0. The lowest BCUT2D eigenvalue weighted by molar-refractivity contribution is 1.55. The van der Waals surface area contributed by atoms with Crippen molar-refractivity contribution < 1.29 is 0 Å². The van der Waals surface area contributed by atoms with E-state index in [1.807, 2.05) is 11.3 Å². The van der Waals surface area contributed by atoms with Crippen LogP contribution in [0.25, 0.3) is 130 Å². The van der Waals surface area contributed by atoms with Crippen molar-refractivity contribution in [2.24, 2.45) is 0 Å². The van der Waals surface area contributed by atoms with Gasteiger partial charge >= 0.3 is 0 Å². The third kappa shape index (κ3) is 7.00. The molecular weight excluding hydrogens is 825 g/mol. The smallest absolute Gasteiger partial charge is 0.0433 e. The Hall–Kier alpha value is -8.36. The highest BCUT2D eigenvalue weighted by atomic mass is 32.1. The molecule has 1 aromatic heterocycles. The maximum Gasteiger partial charge on any atom is 0.0433 e. The van der Waals surface area contributed by atoms with E-state index in [0.29, 0.717) is 0 Å². The van der Waals surface area contributed by atoms with Crippen LogP contribution in [0.15, 0.2) is 255 Å². The predicted molar refractivity (Wildman–Crippen MR) is 290 cm³/mol. The van der Waals surface area contributed by atoms with Gasteiger partial charge in [0.2, 0.25) is 0 Å². The van der Waals surface area contributed by atoms with E-state index >= 15 is 0 Å². The van der Waals surface area contributed by atoms with Gasteiger partial charge in [-0.15, -0.1) is 11.3 Å². The summed E-state index contributed by atoms with van der Waals surface area (Å²) in [6.45, 7) is 0. The Morgan fingerprint density at radius 3 is 1.06 bits per heavy atom. The topological polar surface area (TPSA) is 0 Å². The highest BCUT2D eigenvalue weighted by molar-refractivity contribution is 7.26. The normalized spacial score (nSPS) is 11.6. The van der Waals surface area contributed by atoms with Crippen LogP contribution < -0.4 is 0 Å². The quantitative estimate of drug-likeness (QED) is 0.140. The van der Waals surface area contributed by atoms with Crippen LogP contribution in [0.4, 0.5) is 0 Å². The molecule has 0 atom stereocenters. The fourth-order valence-electron chi connectivity index (χ4n) is 10.3. The molecule has 13 rings (SSSR count). The largest absolute Gasteiger partial charge is 0.135 e. The van der Waals surface area contributed by atoms with Crippen molar-refractivity contribution in [1.29, 1.82) is 0 Å². The van der Waals surface area contributed by atoms with E-state index in [-0.39, 0.29) is 0 Å². The Kier molecular flexibility index (Phi) is 9.48. The third-order valence-corrected chi connectivity index (χ3v) is 14.8. The Labute approximate surface area is 394 Å². The van der Waals surface area contributed by atoms with Crippen LogP contribution in [0.2, 0.25) is 0 Å². The van der Waals surface area contributed by atoms with E-state index in [9.17, 15) is 0 Å². The molecule has 0 radical (unpaired) electrons. The molecule has 0 aliphatic rings. The van der Waals surface area contributed by atoms with Crippen molar-refractivity contribution in [3.8, 4) is 77.9 Å². The van der Waals surface area contributed by atoms with Gasteiger partial charge in [0.05, 0.1) is 0 Å². The molecule has 1 heterocycles. The van der Waals surface area contributed by atoms with E-state index in [2.05, 4.69) is 255 Å². The molecule has 1 heteroatoms. The van der Waals surface area contributed by atoms with Crippen LogP contribution >= 0.6 is 11.3 Å². The van der Waals surface area contributed by atoms with Crippen LogP contribution in [-0.2, 0) is 0 Å². The molecule has 312 valence electrons. The lowest BCUT2D eigenvalue weighted by Gasteiger charge is -2.15. The van der Waals surface area contributed by atoms with E-state index in [1.54, 1.807) is 0 Å². The van der Waals surface area contributed by atoms with Crippen molar-refractivity contribution in [3.05, 3.63) is 255 Å². The second-order valence-corrected chi connectivity index (χ2v) is 18.7. The van der Waals surface area contributed by atoms with Gasteiger partial charge in [0.1, 0.15) is 0 Å².